The van der Waals surface area contributed by atoms with E-state index in [1.165, 1.54) is 32.1 Å². The Kier molecular flexibility index (Phi) is 5.24. The highest BCUT2D eigenvalue weighted by Crippen LogP contribution is 2.20. The molecule has 1 saturated carbocycles. The van der Waals surface area contributed by atoms with Crippen LogP contribution >= 0.6 is 0 Å². The van der Waals surface area contributed by atoms with E-state index in [1.807, 2.05) is 13.8 Å². The van der Waals surface area contributed by atoms with Gasteiger partial charge in [-0.25, -0.2) is 0 Å². The van der Waals surface area contributed by atoms with E-state index in [0.717, 1.165) is 6.42 Å². The van der Waals surface area contributed by atoms with Crippen LogP contribution < -0.4 is 5.32 Å². The summed E-state index contributed by atoms with van der Waals surface area (Å²) in [6, 6.07) is 2.80. The lowest BCUT2D eigenvalue weighted by Crippen LogP contribution is -2.42. The van der Waals surface area contributed by atoms with Gasteiger partial charge in [-0.2, -0.15) is 5.26 Å². The number of hydrogen-bond donors (Lipinski definition) is 1. The number of nitrogens with one attached hydrogen (secondary N) is 1. The number of ether oxygens (including phenoxy) is 1. The summed E-state index contributed by atoms with van der Waals surface area (Å²) in [6.45, 7) is 4.06. The molecular formula is C13H24N2O. The van der Waals surface area contributed by atoms with E-state index >= 15 is 0 Å². The molecule has 16 heavy (non-hydrogen) atoms. The molecule has 0 aromatic carbocycles. The van der Waals surface area contributed by atoms with E-state index in [2.05, 4.69) is 11.4 Å². The minimum atomic E-state index is -0.220. The molecule has 0 spiro atoms. The first kappa shape index (κ1) is 13.5. The normalized spacial score (nSPS) is 20.4. The van der Waals surface area contributed by atoms with Crippen LogP contribution in [0.1, 0.15) is 52.4 Å². The molecule has 92 valence electrons. The summed E-state index contributed by atoms with van der Waals surface area (Å²) in [5.74, 6) is 0. The van der Waals surface area contributed by atoms with Crippen LogP contribution in [-0.2, 0) is 4.74 Å². The van der Waals surface area contributed by atoms with Gasteiger partial charge in [-0.1, -0.05) is 19.3 Å². The summed E-state index contributed by atoms with van der Waals surface area (Å²) in [5.41, 5.74) is -0.220. The van der Waals surface area contributed by atoms with E-state index in [-0.39, 0.29) is 11.6 Å². The van der Waals surface area contributed by atoms with E-state index < -0.39 is 0 Å². The Labute approximate surface area is 99.2 Å². The molecule has 0 amide bonds. The van der Waals surface area contributed by atoms with Crippen molar-refractivity contribution in [2.75, 3.05) is 7.11 Å². The van der Waals surface area contributed by atoms with Crippen molar-refractivity contribution in [1.82, 2.24) is 5.32 Å². The predicted molar refractivity (Wildman–Crippen MR) is 65.1 cm³/mol. The van der Waals surface area contributed by atoms with Crippen molar-refractivity contribution < 1.29 is 4.74 Å². The van der Waals surface area contributed by atoms with Crippen LogP contribution in [0.2, 0.25) is 0 Å². The molecular weight excluding hydrogens is 200 g/mol. The fourth-order valence-corrected chi connectivity index (χ4v) is 2.27. The SMILES string of the molecule is COC(C)(C)CC(C#N)NC1CCCCC1. The van der Waals surface area contributed by atoms with E-state index in [4.69, 9.17) is 10.00 Å². The number of hydrogen-bond acceptors (Lipinski definition) is 3. The first-order valence-electron chi connectivity index (χ1n) is 6.28. The van der Waals surface area contributed by atoms with Gasteiger partial charge in [0.1, 0.15) is 0 Å². The van der Waals surface area contributed by atoms with Gasteiger partial charge in [0.25, 0.3) is 0 Å². The molecule has 0 bridgehead atoms. The van der Waals surface area contributed by atoms with Gasteiger partial charge in [0.05, 0.1) is 17.7 Å². The van der Waals surface area contributed by atoms with Gasteiger partial charge in [0.2, 0.25) is 0 Å². The van der Waals surface area contributed by atoms with Crippen LogP contribution in [0.3, 0.4) is 0 Å². The van der Waals surface area contributed by atoms with Crippen LogP contribution in [-0.4, -0.2) is 24.8 Å². The largest absolute Gasteiger partial charge is 0.379 e. The molecule has 0 heterocycles. The zero-order valence-electron chi connectivity index (χ0n) is 10.8. The average Bonchev–Trinajstić information content (AvgIpc) is 2.29. The van der Waals surface area contributed by atoms with Gasteiger partial charge in [-0.3, -0.25) is 5.32 Å². The Balaban J connectivity index is 2.39. The van der Waals surface area contributed by atoms with Crippen molar-refractivity contribution in [2.45, 2.75) is 70.1 Å². The zero-order chi connectivity index (χ0) is 12.0. The third-order valence-corrected chi connectivity index (χ3v) is 3.45. The van der Waals surface area contributed by atoms with Crippen molar-refractivity contribution in [3.8, 4) is 6.07 Å². The van der Waals surface area contributed by atoms with E-state index in [9.17, 15) is 0 Å². The Hall–Kier alpha value is -0.590. The Morgan fingerprint density at radius 1 is 1.38 bits per heavy atom. The third kappa shape index (κ3) is 4.51. The quantitative estimate of drug-likeness (QED) is 0.780. The summed E-state index contributed by atoms with van der Waals surface area (Å²) in [5, 5.41) is 12.6. The van der Waals surface area contributed by atoms with Gasteiger partial charge in [-0.05, 0) is 26.7 Å². The minimum Gasteiger partial charge on any atom is -0.379 e. The third-order valence-electron chi connectivity index (χ3n) is 3.45. The lowest BCUT2D eigenvalue weighted by Gasteiger charge is -2.30. The first-order chi connectivity index (χ1) is 7.57. The van der Waals surface area contributed by atoms with Gasteiger partial charge in [0.15, 0.2) is 0 Å². The topological polar surface area (TPSA) is 45.0 Å². The number of methoxy groups -OCH3 is 1. The maximum atomic E-state index is 9.15. The second kappa shape index (κ2) is 6.22. The standard InChI is InChI=1S/C13H24N2O/c1-13(2,16-3)9-12(10-14)15-11-7-5-4-6-8-11/h11-12,15H,4-9H2,1-3H3. The fraction of sp³-hybridized carbons (Fsp3) is 0.923. The Bertz CT molecular complexity index is 239. The molecule has 1 N–H and O–H groups in total. The summed E-state index contributed by atoms with van der Waals surface area (Å²) >= 11 is 0. The minimum absolute atomic E-state index is 0.0851. The summed E-state index contributed by atoms with van der Waals surface area (Å²) in [4.78, 5) is 0. The van der Waals surface area contributed by atoms with Gasteiger partial charge in [-0.15, -0.1) is 0 Å². The highest BCUT2D eigenvalue weighted by atomic mass is 16.5. The van der Waals surface area contributed by atoms with Crippen LogP contribution in [0.15, 0.2) is 0 Å². The van der Waals surface area contributed by atoms with Crippen molar-refractivity contribution >= 4 is 0 Å². The maximum Gasteiger partial charge on any atom is 0.0982 e. The lowest BCUT2D eigenvalue weighted by atomic mass is 9.93. The van der Waals surface area contributed by atoms with Crippen LogP contribution in [0.25, 0.3) is 0 Å². The molecule has 3 heteroatoms. The van der Waals surface area contributed by atoms with Crippen molar-refractivity contribution in [3.05, 3.63) is 0 Å². The molecule has 1 unspecified atom stereocenters. The number of nitrogens with zero attached hydrogens (tertiary/aromatic N) is 1. The van der Waals surface area contributed by atoms with Crippen molar-refractivity contribution in [1.29, 1.82) is 5.26 Å². The summed E-state index contributed by atoms with van der Waals surface area (Å²) < 4.78 is 5.37. The molecule has 0 radical (unpaired) electrons. The summed E-state index contributed by atoms with van der Waals surface area (Å²) in [7, 11) is 1.70. The highest BCUT2D eigenvalue weighted by Gasteiger charge is 2.25. The molecule has 3 nitrogen and oxygen atoms in total. The predicted octanol–water partition coefficient (Wildman–Crippen LogP) is 2.62. The molecule has 0 aromatic heterocycles. The van der Waals surface area contributed by atoms with Gasteiger partial charge < -0.3 is 4.74 Å². The molecule has 0 saturated heterocycles. The molecule has 0 aromatic rings. The van der Waals surface area contributed by atoms with Gasteiger partial charge in [0, 0.05) is 19.6 Å². The highest BCUT2D eigenvalue weighted by molar-refractivity contribution is 4.96. The molecule has 1 atom stereocenters. The van der Waals surface area contributed by atoms with Crippen molar-refractivity contribution in [2.24, 2.45) is 0 Å². The Morgan fingerprint density at radius 3 is 2.50 bits per heavy atom. The maximum absolute atomic E-state index is 9.15. The monoisotopic (exact) mass is 224 g/mol. The second-order valence-electron chi connectivity index (χ2n) is 5.35. The van der Waals surface area contributed by atoms with Crippen LogP contribution in [0, 0.1) is 11.3 Å². The van der Waals surface area contributed by atoms with Crippen molar-refractivity contribution in [3.63, 3.8) is 0 Å². The molecule has 1 aliphatic rings. The second-order valence-corrected chi connectivity index (χ2v) is 5.35. The smallest absolute Gasteiger partial charge is 0.0982 e. The average molecular weight is 224 g/mol. The molecule has 1 aliphatic carbocycles. The molecule has 0 aliphatic heterocycles. The Morgan fingerprint density at radius 2 is 2.00 bits per heavy atom. The summed E-state index contributed by atoms with van der Waals surface area (Å²) in [6.07, 6.45) is 7.11. The number of nitriles is 1. The zero-order valence-corrected chi connectivity index (χ0v) is 10.8. The first-order valence-corrected chi connectivity index (χ1v) is 6.28. The van der Waals surface area contributed by atoms with E-state index in [1.54, 1.807) is 7.11 Å². The molecule has 1 rings (SSSR count). The number of rotatable bonds is 5. The van der Waals surface area contributed by atoms with Crippen LogP contribution in [0.4, 0.5) is 0 Å². The lowest BCUT2D eigenvalue weighted by molar-refractivity contribution is 0.0101. The molecule has 1 fully saturated rings. The fourth-order valence-electron chi connectivity index (χ4n) is 2.27. The van der Waals surface area contributed by atoms with Gasteiger partial charge >= 0.3 is 0 Å². The van der Waals surface area contributed by atoms with E-state index in [0.29, 0.717) is 6.04 Å². The van der Waals surface area contributed by atoms with Crippen LogP contribution in [0.5, 0.6) is 0 Å².